The highest BCUT2D eigenvalue weighted by molar-refractivity contribution is 7.95. The first kappa shape index (κ1) is 84.5. The summed E-state index contributed by atoms with van der Waals surface area (Å²) in [5.41, 5.74) is 21.1. The number of hydrogen-bond donors (Lipinski definition) is 0. The first-order valence-electron chi connectivity index (χ1n) is 41.1. The fraction of sp³-hybridized carbons (Fsp3) is 0.371. The van der Waals surface area contributed by atoms with E-state index in [-0.39, 0.29) is 21.0 Å². The molecule has 11 aromatic rings. The number of allylic oxidation sites excluding steroid dienone is 4. The molecule has 4 fully saturated rings. The van der Waals surface area contributed by atoms with E-state index in [4.69, 9.17) is 0 Å². The van der Waals surface area contributed by atoms with Gasteiger partial charge in [-0.15, -0.1) is 45.3 Å². The molecule has 9 nitrogen and oxygen atoms in total. The lowest BCUT2D eigenvalue weighted by atomic mass is 9.96. The topological polar surface area (TPSA) is 149 Å². The molecular weight excluding hydrogens is 1560 g/mol. The molecule has 0 N–H and O–H groups in total. The van der Waals surface area contributed by atoms with Crippen LogP contribution in [0.5, 0.6) is 0 Å². The Morgan fingerprint density at radius 1 is 0.342 bits per heavy atom. The van der Waals surface area contributed by atoms with Gasteiger partial charge in [-0.1, -0.05) is 259 Å². The summed E-state index contributed by atoms with van der Waals surface area (Å²) in [7, 11) is -12.8. The molecule has 16 rings (SSSR count). The molecule has 598 valence electrons. The number of thiophene rings is 4. The molecule has 0 bridgehead atoms. The van der Waals surface area contributed by atoms with Crippen molar-refractivity contribution in [3.63, 3.8) is 0 Å². The first-order chi connectivity index (χ1) is 55.0. The van der Waals surface area contributed by atoms with Crippen LogP contribution in [-0.2, 0) is 71.5 Å². The van der Waals surface area contributed by atoms with Crippen LogP contribution in [0.3, 0.4) is 0 Å². The van der Waals surface area contributed by atoms with E-state index in [1.54, 1.807) is 12.1 Å². The van der Waals surface area contributed by atoms with Gasteiger partial charge in [-0.2, -0.15) is 0 Å². The Kier molecular flexibility index (Phi) is 28.7. The van der Waals surface area contributed by atoms with E-state index >= 15 is 0 Å². The van der Waals surface area contributed by atoms with Gasteiger partial charge in [-0.25, -0.2) is 33.7 Å². The summed E-state index contributed by atoms with van der Waals surface area (Å²) in [5, 5.41) is -0.783. The van der Waals surface area contributed by atoms with Gasteiger partial charge in [0.15, 0.2) is 39.3 Å². The van der Waals surface area contributed by atoms with Crippen molar-refractivity contribution in [2.24, 2.45) is 5.92 Å². The maximum Gasteiger partial charge on any atom is 0.190 e. The van der Waals surface area contributed by atoms with Crippen LogP contribution in [0.1, 0.15) is 211 Å². The van der Waals surface area contributed by atoms with Crippen LogP contribution < -0.4 is 0 Å². The zero-order chi connectivity index (χ0) is 80.0. The summed E-state index contributed by atoms with van der Waals surface area (Å²) in [4.78, 5) is 8.60. The predicted molar refractivity (Wildman–Crippen MR) is 479 cm³/mol. The lowest BCUT2D eigenvalue weighted by molar-refractivity contribution is 0.484. The highest BCUT2D eigenvalue weighted by Crippen LogP contribution is 2.42. The van der Waals surface area contributed by atoms with Gasteiger partial charge in [0.25, 0.3) is 0 Å². The molecule has 1 unspecified atom stereocenters. The first-order valence-corrected chi connectivity index (χ1v) is 50.6. The lowest BCUT2D eigenvalue weighted by Gasteiger charge is -2.20. The molecule has 6 aromatic carbocycles. The second-order valence-electron chi connectivity index (χ2n) is 31.9. The van der Waals surface area contributed by atoms with Crippen molar-refractivity contribution in [3.05, 3.63) is 291 Å². The highest BCUT2D eigenvalue weighted by atomic mass is 32.3. The van der Waals surface area contributed by atoms with Gasteiger partial charge >= 0.3 is 0 Å². The zero-order valence-electron chi connectivity index (χ0n) is 66.8. The molecular formula is C97H109NO8S8. The molecule has 5 aliphatic carbocycles. The minimum Gasteiger partial charge on any atom is -0.261 e. The molecule has 0 saturated heterocycles. The fourth-order valence-corrected chi connectivity index (χ4v) is 30.5. The summed E-state index contributed by atoms with van der Waals surface area (Å²) < 4.78 is 106. The molecule has 5 heterocycles. The van der Waals surface area contributed by atoms with Crippen molar-refractivity contribution in [3.8, 4) is 41.8 Å². The summed E-state index contributed by atoms with van der Waals surface area (Å²) in [6.07, 6.45) is 30.3. The predicted octanol–water partition coefficient (Wildman–Crippen LogP) is 25.8. The van der Waals surface area contributed by atoms with Crippen molar-refractivity contribution in [2.45, 2.75) is 240 Å². The molecule has 17 heteroatoms. The largest absolute Gasteiger partial charge is 0.261 e. The van der Waals surface area contributed by atoms with Gasteiger partial charge in [0, 0.05) is 37.8 Å². The van der Waals surface area contributed by atoms with Crippen LogP contribution in [-0.4, -0.2) is 59.7 Å². The highest BCUT2D eigenvalue weighted by Gasteiger charge is 2.35. The average Bonchev–Trinajstić information content (AvgIpc) is 1.65. The van der Waals surface area contributed by atoms with E-state index in [0.717, 1.165) is 202 Å². The zero-order valence-corrected chi connectivity index (χ0v) is 73.4. The normalized spacial score (nSPS) is 16.8. The Hall–Kier alpha value is -7.45. The monoisotopic (exact) mass is 1670 g/mol. The third-order valence-corrected chi connectivity index (χ3v) is 39.1. The van der Waals surface area contributed by atoms with E-state index in [9.17, 15) is 33.7 Å². The van der Waals surface area contributed by atoms with Crippen LogP contribution in [0.15, 0.2) is 247 Å². The molecule has 5 aromatic heterocycles. The Balaban J connectivity index is 0.000000133. The van der Waals surface area contributed by atoms with E-state index in [1.165, 1.54) is 119 Å². The van der Waals surface area contributed by atoms with Crippen LogP contribution in [0.25, 0.3) is 41.8 Å². The van der Waals surface area contributed by atoms with Gasteiger partial charge in [-0.3, -0.25) is 4.98 Å². The Bertz CT molecular complexity index is 5650. The lowest BCUT2D eigenvalue weighted by Crippen LogP contribution is -2.23. The SMILES string of the molecule is CC1=CC(C)C(Cc2cccc(-c3ccc(S(=O)(=O)C4CCCCC4)s3)c2)=C1.CCc1ccccc1Cc1cccc(-c2ccc(S(=O)(=O)C3CCCCC3)s2)c1.Cc1ccc(C)c(Cc2cccc(-c3ccc(S(=O)(=O)C4CCCCC4)s3)c2)c1.Cc1cccnc1Cc1cccc(-c2ccc(S(=O)(=O)C3CCCCC3)s2)c1. The number of pyridine rings is 1. The third-order valence-electron chi connectivity index (χ3n) is 23.5. The molecule has 0 spiro atoms. The van der Waals surface area contributed by atoms with Crippen LogP contribution in [0.2, 0.25) is 0 Å². The summed E-state index contributed by atoms with van der Waals surface area (Å²) in [5.74, 6) is 0.498. The number of nitrogens with zero attached hydrogens (tertiary/aromatic N) is 1. The molecule has 0 aliphatic heterocycles. The van der Waals surface area contributed by atoms with E-state index in [1.807, 2.05) is 54.7 Å². The number of aryl methyl sites for hydroxylation is 4. The Morgan fingerprint density at radius 2 is 0.702 bits per heavy atom. The number of sulfone groups is 4. The van der Waals surface area contributed by atoms with Crippen molar-refractivity contribution in [1.29, 1.82) is 0 Å². The van der Waals surface area contributed by atoms with Gasteiger partial charge in [-0.05, 0) is 244 Å². The van der Waals surface area contributed by atoms with Gasteiger partial charge in [0.2, 0.25) is 0 Å². The summed E-state index contributed by atoms with van der Waals surface area (Å²) >= 11 is 5.67. The third kappa shape index (κ3) is 21.3. The van der Waals surface area contributed by atoms with Crippen molar-refractivity contribution >= 4 is 84.7 Å². The Morgan fingerprint density at radius 3 is 1.06 bits per heavy atom. The van der Waals surface area contributed by atoms with E-state index in [2.05, 4.69) is 198 Å². The standard InChI is InChI=1S/2C25H28O2S2.C24H28O2S2.C23H25NO2S2/c1-18-11-12-19(2)22(15-18)17-20-7-6-8-21(16-20)24-13-14-25(28-24)29(26,27)23-9-4-3-5-10-23;1-2-20-10-6-7-11-21(20)17-19-9-8-12-22(18-19)24-15-16-25(28-24)29(26,27)23-13-4-3-5-14-23;1-17-13-18(2)21(14-17)16-19-7-6-8-20(15-19)23-11-12-24(27-23)28(25,26)22-9-4-3-5-10-22;1-17-7-6-14-24-21(17)16-18-8-5-9-19(15-18)22-12-13-23(27-22)28(25,26)20-10-3-2-4-11-20/h6-8,11-16,23H,3-5,9-10,17H2,1-2H3;6-12,15-16,18,23H,2-5,13-14,17H2,1H3;6-8,11-15,18,22H,3-5,9-10,16H2,1-2H3;5-9,12-15,20H,2-4,10-11,16H2,1H3. The second kappa shape index (κ2) is 38.8. The molecule has 1 atom stereocenters. The molecule has 0 radical (unpaired) electrons. The van der Waals surface area contributed by atoms with Crippen molar-refractivity contribution < 1.29 is 33.7 Å². The van der Waals surface area contributed by atoms with Crippen LogP contribution in [0, 0.1) is 26.7 Å². The van der Waals surface area contributed by atoms with Gasteiger partial charge in [0.1, 0.15) is 16.8 Å². The summed E-state index contributed by atoms with van der Waals surface area (Å²) in [6, 6.07) is 68.2. The summed E-state index contributed by atoms with van der Waals surface area (Å²) in [6.45, 7) is 12.9. The van der Waals surface area contributed by atoms with Gasteiger partial charge < -0.3 is 0 Å². The average molecular weight is 1670 g/mol. The number of benzene rings is 6. The fourth-order valence-electron chi connectivity index (χ4n) is 16.8. The smallest absolute Gasteiger partial charge is 0.190 e. The van der Waals surface area contributed by atoms with Crippen LogP contribution >= 0.6 is 45.3 Å². The van der Waals surface area contributed by atoms with Crippen LogP contribution in [0.4, 0.5) is 0 Å². The van der Waals surface area contributed by atoms with Crippen molar-refractivity contribution in [1.82, 2.24) is 4.98 Å². The number of rotatable bonds is 21. The second-order valence-corrected chi connectivity index (χ2v) is 46.1. The Labute approximate surface area is 695 Å². The van der Waals surface area contributed by atoms with E-state index < -0.39 is 39.3 Å². The van der Waals surface area contributed by atoms with Crippen molar-refractivity contribution in [2.75, 3.05) is 0 Å². The maximum absolute atomic E-state index is 13.0. The minimum atomic E-state index is -3.20. The number of aromatic nitrogens is 1. The van der Waals surface area contributed by atoms with Gasteiger partial charge in [0.05, 0.1) is 21.0 Å². The maximum atomic E-state index is 13.0. The van der Waals surface area contributed by atoms with E-state index in [0.29, 0.717) is 22.8 Å². The quantitative estimate of drug-likeness (QED) is 0.0685. The molecule has 5 aliphatic rings. The minimum absolute atomic E-state index is 0.189. The molecule has 0 amide bonds. The number of hydrogen-bond acceptors (Lipinski definition) is 13. The molecule has 4 saturated carbocycles. The molecule has 114 heavy (non-hydrogen) atoms.